The summed E-state index contributed by atoms with van der Waals surface area (Å²) in [6, 6.07) is 0. The first-order valence-electron chi connectivity index (χ1n) is 2.84. The van der Waals surface area contributed by atoms with Crippen molar-refractivity contribution in [2.75, 3.05) is 26.4 Å². The molecule has 1 N–H and O–H groups in total. The Morgan fingerprint density at radius 3 is 2.27 bits per heavy atom. The van der Waals surface area contributed by atoms with Crippen LogP contribution < -0.4 is 0 Å². The summed E-state index contributed by atoms with van der Waals surface area (Å²) in [6.45, 7) is -0.679. The zero-order valence-electron chi connectivity index (χ0n) is 5.73. The predicted octanol–water partition coefficient (Wildman–Crippen LogP) is -0.747. The standard InChI is InChI=1S/C4H9O6S/c5-1-2-9-3-4-10-11(6,7)8/h1-4H2,(H,6,7,8). The Kier molecular flexibility index (Phi) is 5.34. The van der Waals surface area contributed by atoms with E-state index in [4.69, 9.17) is 4.55 Å². The summed E-state index contributed by atoms with van der Waals surface area (Å²) in [6.07, 6.45) is 0. The second-order valence-electron chi connectivity index (χ2n) is 1.57. The molecule has 0 fully saturated rings. The number of hydrogen-bond donors (Lipinski definition) is 1. The lowest BCUT2D eigenvalue weighted by Gasteiger charge is -1.99. The Hall–Kier alpha value is -0.210. The fourth-order valence-corrected chi connectivity index (χ4v) is 0.638. The molecule has 0 saturated heterocycles. The van der Waals surface area contributed by atoms with Gasteiger partial charge in [-0.2, -0.15) is 8.42 Å². The monoisotopic (exact) mass is 185 g/mol. The van der Waals surface area contributed by atoms with Crippen LogP contribution in [0.15, 0.2) is 0 Å². The summed E-state index contributed by atoms with van der Waals surface area (Å²) >= 11 is 0. The fourth-order valence-electron chi connectivity index (χ4n) is 0.359. The number of ether oxygens (including phenoxy) is 1. The summed E-state index contributed by atoms with van der Waals surface area (Å²) in [4.78, 5) is 0. The van der Waals surface area contributed by atoms with Gasteiger partial charge in [0.2, 0.25) is 0 Å². The summed E-state index contributed by atoms with van der Waals surface area (Å²) in [5, 5.41) is 9.76. The van der Waals surface area contributed by atoms with E-state index in [2.05, 4.69) is 8.92 Å². The quantitative estimate of drug-likeness (QED) is 0.434. The van der Waals surface area contributed by atoms with Gasteiger partial charge in [-0.25, -0.2) is 9.29 Å². The molecule has 0 amide bonds. The molecule has 6 nitrogen and oxygen atoms in total. The fraction of sp³-hybridized carbons (Fsp3) is 1.00. The number of rotatable bonds is 6. The summed E-state index contributed by atoms with van der Waals surface area (Å²) in [5.41, 5.74) is 0. The third-order valence-corrected chi connectivity index (χ3v) is 1.15. The molecule has 0 bridgehead atoms. The maximum atomic E-state index is 9.88. The van der Waals surface area contributed by atoms with Crippen molar-refractivity contribution in [3.05, 3.63) is 0 Å². The smallest absolute Gasteiger partial charge is 0.376 e. The average Bonchev–Trinajstić information content (AvgIpc) is 1.85. The van der Waals surface area contributed by atoms with Crippen molar-refractivity contribution in [3.8, 4) is 0 Å². The molecular formula is C4H9O6S. The molecule has 0 saturated carbocycles. The van der Waals surface area contributed by atoms with E-state index in [-0.39, 0.29) is 26.4 Å². The largest absolute Gasteiger partial charge is 0.397 e. The second-order valence-corrected chi connectivity index (χ2v) is 2.66. The molecule has 0 aromatic heterocycles. The summed E-state index contributed by atoms with van der Waals surface area (Å²) in [7, 11) is -4.37. The van der Waals surface area contributed by atoms with E-state index in [0.29, 0.717) is 0 Å². The van der Waals surface area contributed by atoms with Crippen molar-refractivity contribution in [2.24, 2.45) is 0 Å². The van der Waals surface area contributed by atoms with E-state index in [1.54, 1.807) is 0 Å². The average molecular weight is 185 g/mol. The third kappa shape index (κ3) is 9.79. The molecule has 0 heterocycles. The highest BCUT2D eigenvalue weighted by Gasteiger charge is 2.02. The van der Waals surface area contributed by atoms with Gasteiger partial charge >= 0.3 is 10.4 Å². The first-order chi connectivity index (χ1) is 5.06. The molecular weight excluding hydrogens is 176 g/mol. The summed E-state index contributed by atoms with van der Waals surface area (Å²) < 4.78 is 36.2. The highest BCUT2D eigenvalue weighted by Crippen LogP contribution is 1.85. The van der Waals surface area contributed by atoms with Crippen LogP contribution in [0, 0.1) is 0 Å². The van der Waals surface area contributed by atoms with E-state index >= 15 is 0 Å². The van der Waals surface area contributed by atoms with E-state index in [1.807, 2.05) is 0 Å². The topological polar surface area (TPSA) is 92.7 Å². The maximum absolute atomic E-state index is 9.88. The van der Waals surface area contributed by atoms with Gasteiger partial charge in [-0.1, -0.05) is 0 Å². The van der Waals surface area contributed by atoms with Gasteiger partial charge in [0, 0.05) is 0 Å². The zero-order valence-corrected chi connectivity index (χ0v) is 6.54. The Morgan fingerprint density at radius 1 is 1.18 bits per heavy atom. The Labute approximate surface area is 64.7 Å². The molecule has 0 aromatic rings. The lowest BCUT2D eigenvalue weighted by atomic mass is 10.7. The maximum Gasteiger partial charge on any atom is 0.397 e. The normalized spacial score (nSPS) is 11.8. The zero-order chi connectivity index (χ0) is 8.74. The highest BCUT2D eigenvalue weighted by atomic mass is 32.3. The van der Waals surface area contributed by atoms with Gasteiger partial charge < -0.3 is 4.74 Å². The van der Waals surface area contributed by atoms with Crippen LogP contribution in [-0.2, 0) is 24.4 Å². The molecule has 7 heteroatoms. The molecule has 11 heavy (non-hydrogen) atoms. The van der Waals surface area contributed by atoms with E-state index in [1.165, 1.54) is 0 Å². The van der Waals surface area contributed by atoms with Crippen molar-refractivity contribution in [2.45, 2.75) is 0 Å². The van der Waals surface area contributed by atoms with Crippen LogP contribution in [0.4, 0.5) is 0 Å². The van der Waals surface area contributed by atoms with Crippen LogP contribution in [0.1, 0.15) is 0 Å². The van der Waals surface area contributed by atoms with Crippen LogP contribution in [-0.4, -0.2) is 39.4 Å². The molecule has 0 atom stereocenters. The lowest BCUT2D eigenvalue weighted by molar-refractivity contribution is 0.0478. The van der Waals surface area contributed by atoms with Crippen molar-refractivity contribution in [1.82, 2.24) is 0 Å². The van der Waals surface area contributed by atoms with Gasteiger partial charge in [-0.15, -0.1) is 0 Å². The van der Waals surface area contributed by atoms with Crippen molar-refractivity contribution < 1.29 is 27.0 Å². The Balaban J connectivity index is 3.16. The Bertz CT molecular complexity index is 173. The minimum Gasteiger partial charge on any atom is -0.376 e. The third-order valence-electron chi connectivity index (χ3n) is 0.688. The van der Waals surface area contributed by atoms with E-state index in [9.17, 15) is 13.5 Å². The lowest BCUT2D eigenvalue weighted by Crippen LogP contribution is -2.11. The molecule has 0 rings (SSSR count). The van der Waals surface area contributed by atoms with Gasteiger partial charge in [0.05, 0.1) is 19.8 Å². The van der Waals surface area contributed by atoms with Gasteiger partial charge in [0.15, 0.2) is 0 Å². The first-order valence-corrected chi connectivity index (χ1v) is 4.20. The predicted molar refractivity (Wildman–Crippen MR) is 33.9 cm³/mol. The summed E-state index contributed by atoms with van der Waals surface area (Å²) in [5.74, 6) is 0. The van der Waals surface area contributed by atoms with Crippen LogP contribution in [0.3, 0.4) is 0 Å². The molecule has 0 unspecified atom stereocenters. The molecule has 1 radical (unpaired) electrons. The van der Waals surface area contributed by atoms with E-state index in [0.717, 1.165) is 0 Å². The van der Waals surface area contributed by atoms with Gasteiger partial charge in [0.1, 0.15) is 6.61 Å². The molecule has 0 aliphatic carbocycles. The van der Waals surface area contributed by atoms with Crippen molar-refractivity contribution in [1.29, 1.82) is 0 Å². The molecule has 0 aromatic carbocycles. The van der Waals surface area contributed by atoms with E-state index < -0.39 is 10.4 Å². The van der Waals surface area contributed by atoms with Crippen LogP contribution >= 0.6 is 0 Å². The van der Waals surface area contributed by atoms with Crippen molar-refractivity contribution >= 4 is 10.4 Å². The SMILES string of the molecule is [O]CCOCCOS(=O)(=O)O. The molecule has 67 valence electrons. The van der Waals surface area contributed by atoms with Gasteiger partial charge in [-0.05, 0) is 0 Å². The van der Waals surface area contributed by atoms with Crippen LogP contribution in [0.5, 0.6) is 0 Å². The van der Waals surface area contributed by atoms with Crippen LogP contribution in [0.25, 0.3) is 0 Å². The minimum absolute atomic E-state index is 0.00877. The van der Waals surface area contributed by atoms with Gasteiger partial charge in [-0.3, -0.25) is 4.55 Å². The molecule has 0 aliphatic heterocycles. The highest BCUT2D eigenvalue weighted by molar-refractivity contribution is 7.80. The Morgan fingerprint density at radius 2 is 1.82 bits per heavy atom. The second kappa shape index (κ2) is 5.44. The van der Waals surface area contributed by atoms with Crippen molar-refractivity contribution in [3.63, 3.8) is 0 Å². The first kappa shape index (κ1) is 10.8. The molecule has 0 aliphatic rings. The van der Waals surface area contributed by atoms with Gasteiger partial charge in [0.25, 0.3) is 0 Å². The minimum atomic E-state index is -4.37. The number of hydrogen-bond acceptors (Lipinski definition) is 4. The van der Waals surface area contributed by atoms with Crippen LogP contribution in [0.2, 0.25) is 0 Å². The molecule has 0 spiro atoms.